The number of benzene rings is 1. The third-order valence-electron chi connectivity index (χ3n) is 7.62. The first kappa shape index (κ1) is 21.1. The largest absolute Gasteiger partial charge is 0.497 e. The summed E-state index contributed by atoms with van der Waals surface area (Å²) in [6.45, 7) is 4.48. The molecule has 1 aromatic rings. The number of ether oxygens (including phenoxy) is 1. The fraction of sp³-hybridized carbons (Fsp3) is 0.625. The Kier molecular flexibility index (Phi) is 5.69. The Morgan fingerprint density at radius 3 is 2.38 bits per heavy atom. The molecule has 8 nitrogen and oxygen atoms in total. The Morgan fingerprint density at radius 1 is 0.938 bits per heavy atom. The van der Waals surface area contributed by atoms with Crippen LogP contribution in [0, 0.1) is 11.8 Å². The molecule has 1 aromatic carbocycles. The minimum Gasteiger partial charge on any atom is -0.497 e. The SMILES string of the molecule is COc1ccc(C(=O)N2CCN(C(=O)N3C[C@H]4C[C@H](C3)[C@H]3CCCC(=O)N3C4)CC2)cc1. The number of carbonyl (C=O) groups is 3. The molecule has 0 unspecified atom stereocenters. The van der Waals surface area contributed by atoms with Crippen molar-refractivity contribution >= 4 is 17.8 Å². The van der Waals surface area contributed by atoms with Crippen LogP contribution in [-0.4, -0.2) is 96.4 Å². The minimum absolute atomic E-state index is 0.00527. The van der Waals surface area contributed by atoms with E-state index in [2.05, 4.69) is 4.90 Å². The molecule has 4 saturated heterocycles. The molecule has 172 valence electrons. The lowest BCUT2D eigenvalue weighted by Crippen LogP contribution is -2.63. The van der Waals surface area contributed by atoms with E-state index in [0.29, 0.717) is 61.9 Å². The maximum absolute atomic E-state index is 13.3. The maximum atomic E-state index is 13.3. The van der Waals surface area contributed by atoms with Gasteiger partial charge in [0.05, 0.1) is 7.11 Å². The third-order valence-corrected chi connectivity index (χ3v) is 7.62. The van der Waals surface area contributed by atoms with Gasteiger partial charge in [-0.2, -0.15) is 0 Å². The van der Waals surface area contributed by atoms with Gasteiger partial charge in [-0.05, 0) is 55.4 Å². The summed E-state index contributed by atoms with van der Waals surface area (Å²) < 4.78 is 5.16. The van der Waals surface area contributed by atoms with E-state index in [0.717, 1.165) is 44.6 Å². The number of hydrogen-bond donors (Lipinski definition) is 0. The second-order valence-corrected chi connectivity index (χ2v) is 9.56. The highest BCUT2D eigenvalue weighted by molar-refractivity contribution is 5.94. The first-order chi connectivity index (χ1) is 15.5. The van der Waals surface area contributed by atoms with Gasteiger partial charge >= 0.3 is 6.03 Å². The molecule has 32 heavy (non-hydrogen) atoms. The number of piperazine rings is 1. The Balaban J connectivity index is 1.17. The number of amides is 4. The van der Waals surface area contributed by atoms with Gasteiger partial charge in [0.25, 0.3) is 5.91 Å². The van der Waals surface area contributed by atoms with Crippen molar-refractivity contribution in [3.05, 3.63) is 29.8 Å². The molecule has 0 radical (unpaired) electrons. The first-order valence-electron chi connectivity index (χ1n) is 11.8. The predicted molar refractivity (Wildman–Crippen MR) is 118 cm³/mol. The van der Waals surface area contributed by atoms with Gasteiger partial charge in [0, 0.05) is 63.8 Å². The van der Waals surface area contributed by atoms with Gasteiger partial charge in [0.15, 0.2) is 0 Å². The summed E-state index contributed by atoms with van der Waals surface area (Å²) in [6.07, 6.45) is 3.84. The molecule has 3 atom stereocenters. The second-order valence-electron chi connectivity index (χ2n) is 9.56. The van der Waals surface area contributed by atoms with Crippen LogP contribution in [0.3, 0.4) is 0 Å². The van der Waals surface area contributed by atoms with Gasteiger partial charge in [-0.1, -0.05) is 0 Å². The van der Waals surface area contributed by atoms with E-state index >= 15 is 0 Å². The fourth-order valence-electron chi connectivity index (χ4n) is 5.98. The molecular formula is C24H32N4O4. The highest BCUT2D eigenvalue weighted by Crippen LogP contribution is 2.38. The number of carbonyl (C=O) groups excluding carboxylic acids is 3. The molecule has 4 aliphatic heterocycles. The van der Waals surface area contributed by atoms with Crippen molar-refractivity contribution in [1.29, 1.82) is 0 Å². The normalized spacial score (nSPS) is 27.8. The Hall–Kier alpha value is -2.77. The topological polar surface area (TPSA) is 73.4 Å². The molecular weight excluding hydrogens is 408 g/mol. The first-order valence-corrected chi connectivity index (χ1v) is 11.8. The third kappa shape index (κ3) is 3.91. The van der Waals surface area contributed by atoms with Crippen molar-refractivity contribution in [3.8, 4) is 5.75 Å². The summed E-state index contributed by atoms with van der Waals surface area (Å²) in [5.74, 6) is 1.80. The number of rotatable bonds is 2. The van der Waals surface area contributed by atoms with Crippen LogP contribution < -0.4 is 4.74 Å². The van der Waals surface area contributed by atoms with Crippen LogP contribution in [0.25, 0.3) is 0 Å². The number of urea groups is 1. The lowest BCUT2D eigenvalue weighted by molar-refractivity contribution is -0.144. The van der Waals surface area contributed by atoms with Gasteiger partial charge in [0.2, 0.25) is 5.91 Å². The summed E-state index contributed by atoms with van der Waals surface area (Å²) in [6, 6.07) is 7.55. The summed E-state index contributed by atoms with van der Waals surface area (Å²) in [5, 5.41) is 0. The molecule has 8 heteroatoms. The Bertz CT molecular complexity index is 880. The zero-order valence-corrected chi connectivity index (χ0v) is 18.7. The number of hydrogen-bond acceptors (Lipinski definition) is 4. The summed E-state index contributed by atoms with van der Waals surface area (Å²) in [4.78, 5) is 46.3. The molecule has 0 saturated carbocycles. The van der Waals surface area contributed by atoms with E-state index in [9.17, 15) is 14.4 Å². The van der Waals surface area contributed by atoms with Gasteiger partial charge < -0.3 is 24.3 Å². The van der Waals surface area contributed by atoms with Crippen LogP contribution in [0.5, 0.6) is 5.75 Å². The zero-order chi connectivity index (χ0) is 22.2. The Morgan fingerprint density at radius 2 is 1.66 bits per heavy atom. The maximum Gasteiger partial charge on any atom is 0.320 e. The second kappa shape index (κ2) is 8.64. The highest BCUT2D eigenvalue weighted by atomic mass is 16.5. The number of fused-ring (bicyclic) bond motifs is 4. The van der Waals surface area contributed by atoms with Crippen LogP contribution in [-0.2, 0) is 4.79 Å². The molecule has 0 N–H and O–H groups in total. The molecule has 0 aromatic heterocycles. The summed E-state index contributed by atoms with van der Waals surface area (Å²) >= 11 is 0. The molecule has 4 amide bonds. The average molecular weight is 441 g/mol. The summed E-state index contributed by atoms with van der Waals surface area (Å²) in [5.41, 5.74) is 0.640. The van der Waals surface area contributed by atoms with Crippen molar-refractivity contribution < 1.29 is 19.1 Å². The molecule has 5 rings (SSSR count). The number of methoxy groups -OCH3 is 1. The average Bonchev–Trinajstić information content (AvgIpc) is 2.84. The number of nitrogens with zero attached hydrogens (tertiary/aromatic N) is 4. The van der Waals surface area contributed by atoms with Crippen LogP contribution in [0.15, 0.2) is 24.3 Å². The van der Waals surface area contributed by atoms with Crippen LogP contribution >= 0.6 is 0 Å². The molecule has 4 heterocycles. The van der Waals surface area contributed by atoms with Gasteiger partial charge in [-0.3, -0.25) is 9.59 Å². The van der Waals surface area contributed by atoms with E-state index in [-0.39, 0.29) is 11.9 Å². The highest BCUT2D eigenvalue weighted by Gasteiger charge is 2.45. The lowest BCUT2D eigenvalue weighted by atomic mass is 9.76. The zero-order valence-electron chi connectivity index (χ0n) is 18.7. The molecule has 0 spiro atoms. The van der Waals surface area contributed by atoms with E-state index in [1.54, 1.807) is 31.4 Å². The summed E-state index contributed by atoms with van der Waals surface area (Å²) in [7, 11) is 1.60. The quantitative estimate of drug-likeness (QED) is 0.704. The lowest BCUT2D eigenvalue weighted by Gasteiger charge is -2.53. The van der Waals surface area contributed by atoms with Crippen molar-refractivity contribution in [3.63, 3.8) is 0 Å². The fourth-order valence-corrected chi connectivity index (χ4v) is 5.98. The van der Waals surface area contributed by atoms with E-state index in [1.165, 1.54) is 0 Å². The van der Waals surface area contributed by atoms with Crippen LogP contribution in [0.1, 0.15) is 36.0 Å². The van der Waals surface area contributed by atoms with Crippen molar-refractivity contribution in [2.24, 2.45) is 11.8 Å². The molecule has 2 bridgehead atoms. The van der Waals surface area contributed by atoms with Crippen LogP contribution in [0.4, 0.5) is 4.79 Å². The van der Waals surface area contributed by atoms with Crippen molar-refractivity contribution in [2.45, 2.75) is 31.7 Å². The standard InChI is InChI=1S/C24H32N4O4/c1-32-20-7-5-18(6-8-20)23(30)25-9-11-26(12-10-25)24(31)27-14-17-13-19(16-27)21-3-2-4-22(29)28(21)15-17/h5-8,17,19,21H,2-4,9-16H2,1H3/t17-,19-,21-/m1/s1. The number of piperidine rings is 3. The molecule has 4 fully saturated rings. The van der Waals surface area contributed by atoms with E-state index in [1.807, 2.05) is 14.7 Å². The van der Waals surface area contributed by atoms with Gasteiger partial charge in [-0.15, -0.1) is 0 Å². The van der Waals surface area contributed by atoms with Gasteiger partial charge in [-0.25, -0.2) is 4.79 Å². The van der Waals surface area contributed by atoms with Crippen molar-refractivity contribution in [2.75, 3.05) is 52.9 Å². The number of likely N-dealkylation sites (tertiary alicyclic amines) is 1. The predicted octanol–water partition coefficient (Wildman–Crippen LogP) is 1.91. The smallest absolute Gasteiger partial charge is 0.320 e. The van der Waals surface area contributed by atoms with Crippen molar-refractivity contribution in [1.82, 2.24) is 19.6 Å². The van der Waals surface area contributed by atoms with E-state index < -0.39 is 0 Å². The van der Waals surface area contributed by atoms with E-state index in [4.69, 9.17) is 4.74 Å². The van der Waals surface area contributed by atoms with Gasteiger partial charge in [0.1, 0.15) is 5.75 Å². The molecule has 4 aliphatic rings. The Labute approximate surface area is 189 Å². The minimum atomic E-state index is -0.00527. The molecule has 0 aliphatic carbocycles. The van der Waals surface area contributed by atoms with Crippen LogP contribution in [0.2, 0.25) is 0 Å². The monoisotopic (exact) mass is 440 g/mol.